The molecule has 1 unspecified atom stereocenters. The van der Waals surface area contributed by atoms with Crippen molar-refractivity contribution >= 4 is 41.6 Å². The van der Waals surface area contributed by atoms with Crippen LogP contribution in [0.1, 0.15) is 41.7 Å². The van der Waals surface area contributed by atoms with Crippen molar-refractivity contribution in [2.24, 2.45) is 0 Å². The van der Waals surface area contributed by atoms with Crippen molar-refractivity contribution in [3.8, 4) is 0 Å². The third-order valence-corrected chi connectivity index (χ3v) is 4.90. The summed E-state index contributed by atoms with van der Waals surface area (Å²) in [5, 5.41) is 4.48. The Kier molecular flexibility index (Phi) is 6.66. The predicted octanol–water partition coefficient (Wildman–Crippen LogP) is 3.74. The van der Waals surface area contributed by atoms with E-state index in [4.69, 9.17) is 0 Å². The van der Waals surface area contributed by atoms with E-state index in [0.29, 0.717) is 12.1 Å². The van der Waals surface area contributed by atoms with Gasteiger partial charge in [-0.15, -0.1) is 24.8 Å². The number of hydrogen-bond donors (Lipinski definition) is 1. The van der Waals surface area contributed by atoms with Crippen molar-refractivity contribution in [1.29, 1.82) is 0 Å². The molecule has 4 rings (SSSR count). The summed E-state index contributed by atoms with van der Waals surface area (Å²) in [6.07, 6.45) is 4.67. The molecule has 1 saturated carbocycles. The lowest BCUT2D eigenvalue weighted by atomic mass is 10.1. The molecule has 1 aromatic heterocycles. The van der Waals surface area contributed by atoms with E-state index in [-0.39, 0.29) is 30.7 Å². The smallest absolute Gasteiger partial charge is 0.254 e. The van der Waals surface area contributed by atoms with Gasteiger partial charge in [0.15, 0.2) is 0 Å². The number of aromatic nitrogens is 1. The zero-order valence-electron chi connectivity index (χ0n) is 14.4. The monoisotopic (exact) mass is 381 g/mol. The van der Waals surface area contributed by atoms with Crippen molar-refractivity contribution in [1.82, 2.24) is 15.2 Å². The first-order valence-corrected chi connectivity index (χ1v) is 8.63. The van der Waals surface area contributed by atoms with Crippen LogP contribution in [0.3, 0.4) is 0 Å². The third kappa shape index (κ3) is 4.25. The minimum Gasteiger partial charge on any atom is -0.334 e. The zero-order chi connectivity index (χ0) is 15.8. The second kappa shape index (κ2) is 8.35. The highest BCUT2D eigenvalue weighted by Crippen LogP contribution is 2.30. The van der Waals surface area contributed by atoms with E-state index in [0.717, 1.165) is 48.1 Å². The first kappa shape index (κ1) is 20.0. The van der Waals surface area contributed by atoms with Gasteiger partial charge < -0.3 is 10.2 Å². The molecule has 2 aromatic rings. The summed E-state index contributed by atoms with van der Waals surface area (Å²) in [4.78, 5) is 19.9. The molecule has 1 aliphatic heterocycles. The van der Waals surface area contributed by atoms with E-state index in [1.54, 1.807) is 0 Å². The maximum atomic E-state index is 13.3. The minimum absolute atomic E-state index is 0. The Morgan fingerprint density at radius 3 is 2.68 bits per heavy atom. The molecule has 4 nitrogen and oxygen atoms in total. The van der Waals surface area contributed by atoms with Gasteiger partial charge in [0.25, 0.3) is 5.91 Å². The van der Waals surface area contributed by atoms with E-state index < -0.39 is 0 Å². The van der Waals surface area contributed by atoms with Crippen LogP contribution in [0.25, 0.3) is 10.9 Å². The number of nitrogens with one attached hydrogen (secondary N) is 1. The number of nitrogens with zero attached hydrogens (tertiary/aromatic N) is 2. The van der Waals surface area contributed by atoms with Gasteiger partial charge in [-0.2, -0.15) is 0 Å². The van der Waals surface area contributed by atoms with Crippen LogP contribution in [0.4, 0.5) is 0 Å². The number of fused-ring (bicyclic) bond motifs is 1. The molecule has 1 N–H and O–H groups in total. The molecule has 2 fully saturated rings. The number of carbonyl (C=O) groups is 1. The second-order valence-electron chi connectivity index (χ2n) is 6.81. The van der Waals surface area contributed by atoms with Crippen molar-refractivity contribution in [2.75, 3.05) is 13.1 Å². The molecule has 1 aliphatic carbocycles. The Morgan fingerprint density at radius 2 is 2.00 bits per heavy atom. The van der Waals surface area contributed by atoms with Gasteiger partial charge >= 0.3 is 0 Å². The molecule has 25 heavy (non-hydrogen) atoms. The first-order chi connectivity index (χ1) is 11.2. The summed E-state index contributed by atoms with van der Waals surface area (Å²) < 4.78 is 0. The predicted molar refractivity (Wildman–Crippen MR) is 106 cm³/mol. The number of amides is 1. The number of aryl methyl sites for hydroxylation is 1. The number of rotatable bonds is 4. The lowest BCUT2D eigenvalue weighted by molar-refractivity contribution is 0.0730. The van der Waals surface area contributed by atoms with Crippen LogP contribution >= 0.6 is 24.8 Å². The van der Waals surface area contributed by atoms with Crippen LogP contribution in [0, 0.1) is 6.92 Å². The van der Waals surface area contributed by atoms with Gasteiger partial charge in [-0.25, -0.2) is 0 Å². The van der Waals surface area contributed by atoms with E-state index in [2.05, 4.69) is 15.2 Å². The third-order valence-electron chi connectivity index (χ3n) is 4.90. The maximum Gasteiger partial charge on any atom is 0.254 e. The fourth-order valence-electron chi connectivity index (χ4n) is 3.57. The quantitative estimate of drug-likeness (QED) is 0.876. The van der Waals surface area contributed by atoms with Crippen LogP contribution in [0.2, 0.25) is 0 Å². The highest BCUT2D eigenvalue weighted by atomic mass is 35.5. The highest BCUT2D eigenvalue weighted by molar-refractivity contribution is 6.06. The Labute approximate surface area is 161 Å². The highest BCUT2D eigenvalue weighted by Gasteiger charge is 2.35. The molecule has 1 aromatic carbocycles. The van der Waals surface area contributed by atoms with E-state index in [1.165, 1.54) is 12.8 Å². The molecule has 2 heterocycles. The Hall–Kier alpha value is -1.36. The Balaban J connectivity index is 0.00000113. The first-order valence-electron chi connectivity index (χ1n) is 8.63. The number of benzene rings is 1. The van der Waals surface area contributed by atoms with Crippen LogP contribution in [-0.2, 0) is 0 Å². The molecule has 1 saturated heterocycles. The van der Waals surface area contributed by atoms with Gasteiger partial charge in [0.2, 0.25) is 0 Å². The second-order valence-corrected chi connectivity index (χ2v) is 6.81. The fourth-order valence-corrected chi connectivity index (χ4v) is 3.57. The molecule has 1 amide bonds. The summed E-state index contributed by atoms with van der Waals surface area (Å²) in [6, 6.07) is 10.8. The molecular weight excluding hydrogens is 357 g/mol. The summed E-state index contributed by atoms with van der Waals surface area (Å²) in [5.41, 5.74) is 2.62. The van der Waals surface area contributed by atoms with Crippen molar-refractivity contribution in [2.45, 2.75) is 44.7 Å². The molecule has 0 radical (unpaired) electrons. The molecule has 1 atom stereocenters. The number of carbonyl (C=O) groups excluding carboxylic acids is 1. The topological polar surface area (TPSA) is 45.2 Å². The van der Waals surface area contributed by atoms with Crippen LogP contribution in [-0.4, -0.2) is 41.0 Å². The van der Waals surface area contributed by atoms with Crippen molar-refractivity contribution < 1.29 is 4.79 Å². The molecule has 136 valence electrons. The standard InChI is InChI=1S/C19H23N3O.2ClH/c1-13-11-17(16-6-2-3-7-18(16)21-13)19(23)22(15-8-9-15)12-14-5-4-10-20-14;;/h2-3,6-7,11,14-15,20H,4-5,8-10,12H2,1H3;2*1H. The van der Waals surface area contributed by atoms with Crippen LogP contribution < -0.4 is 5.32 Å². The number of para-hydroxylation sites is 1. The SMILES string of the molecule is Cc1cc(C(=O)N(CC2CCCN2)C2CC2)c2ccccc2n1.Cl.Cl. The average Bonchev–Trinajstić information content (AvgIpc) is 3.27. The average molecular weight is 382 g/mol. The number of hydrogen-bond acceptors (Lipinski definition) is 3. The molecule has 6 heteroatoms. The molecular formula is C19H25Cl2N3O. The maximum absolute atomic E-state index is 13.3. The minimum atomic E-state index is 0. The van der Waals surface area contributed by atoms with Gasteiger partial charge in [0.05, 0.1) is 11.1 Å². The summed E-state index contributed by atoms with van der Waals surface area (Å²) >= 11 is 0. The van der Waals surface area contributed by atoms with Crippen LogP contribution in [0.5, 0.6) is 0 Å². The van der Waals surface area contributed by atoms with E-state index in [1.807, 2.05) is 37.3 Å². The van der Waals surface area contributed by atoms with E-state index in [9.17, 15) is 4.79 Å². The van der Waals surface area contributed by atoms with Gasteiger partial charge in [0.1, 0.15) is 0 Å². The molecule has 2 aliphatic rings. The van der Waals surface area contributed by atoms with Gasteiger partial charge in [-0.3, -0.25) is 9.78 Å². The summed E-state index contributed by atoms with van der Waals surface area (Å²) in [7, 11) is 0. The Morgan fingerprint density at radius 1 is 1.24 bits per heavy atom. The summed E-state index contributed by atoms with van der Waals surface area (Å²) in [5.74, 6) is 0.169. The summed E-state index contributed by atoms with van der Waals surface area (Å²) in [6.45, 7) is 3.87. The van der Waals surface area contributed by atoms with Gasteiger partial charge in [-0.05, 0) is 51.3 Å². The van der Waals surface area contributed by atoms with Crippen LogP contribution in [0.15, 0.2) is 30.3 Å². The van der Waals surface area contributed by atoms with Crippen molar-refractivity contribution in [3.63, 3.8) is 0 Å². The molecule has 0 bridgehead atoms. The number of halogens is 2. The zero-order valence-corrected chi connectivity index (χ0v) is 16.0. The van der Waals surface area contributed by atoms with Gasteiger partial charge in [0, 0.05) is 29.7 Å². The van der Waals surface area contributed by atoms with E-state index >= 15 is 0 Å². The lowest BCUT2D eigenvalue weighted by Crippen LogP contribution is -2.42. The lowest BCUT2D eigenvalue weighted by Gasteiger charge is -2.26. The van der Waals surface area contributed by atoms with Gasteiger partial charge in [-0.1, -0.05) is 18.2 Å². The fraction of sp³-hybridized carbons (Fsp3) is 0.474. The largest absolute Gasteiger partial charge is 0.334 e. The normalized spacial score (nSPS) is 19.2. The Bertz CT molecular complexity index is 743. The molecule has 0 spiro atoms. The number of pyridine rings is 1. The van der Waals surface area contributed by atoms with Crippen molar-refractivity contribution in [3.05, 3.63) is 41.6 Å².